The van der Waals surface area contributed by atoms with Crippen molar-refractivity contribution < 1.29 is 17.9 Å². The molecule has 0 heterocycles. The largest absolute Gasteiger partial charge is 0.418 e. The Morgan fingerprint density at radius 2 is 2.07 bits per heavy atom. The zero-order valence-electron chi connectivity index (χ0n) is 17.6. The summed E-state index contributed by atoms with van der Waals surface area (Å²) in [6.45, 7) is 2.07. The van der Waals surface area contributed by atoms with Gasteiger partial charge in [0.1, 0.15) is 6.61 Å². The highest BCUT2D eigenvalue weighted by molar-refractivity contribution is 5.52. The van der Waals surface area contributed by atoms with Gasteiger partial charge in [-0.3, -0.25) is 5.41 Å². The summed E-state index contributed by atoms with van der Waals surface area (Å²) in [6, 6.07) is 1.61. The van der Waals surface area contributed by atoms with E-state index in [4.69, 9.17) is 15.4 Å². The van der Waals surface area contributed by atoms with Gasteiger partial charge in [0.2, 0.25) is 0 Å². The van der Waals surface area contributed by atoms with Crippen LogP contribution in [0.15, 0.2) is 47.2 Å². The molecule has 1 rings (SSSR count). The maximum Gasteiger partial charge on any atom is 0.418 e. The third-order valence-electron chi connectivity index (χ3n) is 4.65. The number of ether oxygens (including phenoxy) is 1. The molecule has 0 spiro atoms. The molecule has 30 heavy (non-hydrogen) atoms. The Morgan fingerprint density at radius 1 is 1.33 bits per heavy atom. The van der Waals surface area contributed by atoms with Gasteiger partial charge < -0.3 is 15.4 Å². The lowest BCUT2D eigenvalue weighted by atomic mass is 9.93. The summed E-state index contributed by atoms with van der Waals surface area (Å²) in [6.07, 6.45) is 6.87. The van der Waals surface area contributed by atoms with E-state index in [1.54, 1.807) is 18.2 Å². The SMILES string of the molecule is CNCCC(/C=C(\C)NC=N)CC1=C/CCC/C=C(C(OCC#N)C(F)(F)F)/C=C\1. The van der Waals surface area contributed by atoms with Gasteiger partial charge >= 0.3 is 6.18 Å². The van der Waals surface area contributed by atoms with Crippen LogP contribution in [-0.2, 0) is 4.74 Å². The molecule has 8 heteroatoms. The number of halogens is 3. The number of allylic oxidation sites excluding steroid dienone is 6. The fourth-order valence-corrected chi connectivity index (χ4v) is 3.25. The van der Waals surface area contributed by atoms with Crippen molar-refractivity contribution in [1.82, 2.24) is 10.6 Å². The average molecular weight is 425 g/mol. The van der Waals surface area contributed by atoms with Gasteiger partial charge in [0.05, 0.1) is 12.4 Å². The van der Waals surface area contributed by atoms with Crippen molar-refractivity contribution in [2.75, 3.05) is 20.2 Å². The zero-order chi connectivity index (χ0) is 22.4. The molecule has 0 aromatic heterocycles. The molecule has 1 aliphatic rings. The van der Waals surface area contributed by atoms with Gasteiger partial charge in [-0.05, 0) is 64.1 Å². The number of nitrogens with zero attached hydrogens (tertiary/aromatic N) is 1. The smallest absolute Gasteiger partial charge is 0.351 e. The fourth-order valence-electron chi connectivity index (χ4n) is 3.25. The molecule has 2 atom stereocenters. The normalized spacial score (nSPS) is 22.1. The van der Waals surface area contributed by atoms with Gasteiger partial charge in [-0.15, -0.1) is 0 Å². The van der Waals surface area contributed by atoms with E-state index < -0.39 is 18.9 Å². The number of alkyl halides is 3. The van der Waals surface area contributed by atoms with E-state index in [1.807, 2.05) is 14.0 Å². The Morgan fingerprint density at radius 3 is 2.70 bits per heavy atom. The summed E-state index contributed by atoms with van der Waals surface area (Å²) in [5.74, 6) is 0.169. The maximum absolute atomic E-state index is 13.5. The number of nitrogens with one attached hydrogen (secondary N) is 3. The van der Waals surface area contributed by atoms with E-state index in [9.17, 15) is 13.2 Å². The number of rotatable bonds is 11. The number of hydrogen-bond donors (Lipinski definition) is 3. The Kier molecular flexibility index (Phi) is 11.8. The van der Waals surface area contributed by atoms with Crippen molar-refractivity contribution >= 4 is 6.34 Å². The predicted molar refractivity (Wildman–Crippen MR) is 113 cm³/mol. The maximum atomic E-state index is 13.5. The van der Waals surface area contributed by atoms with Crippen LogP contribution in [0.5, 0.6) is 0 Å². The molecule has 0 radical (unpaired) electrons. The highest BCUT2D eigenvalue weighted by Crippen LogP contribution is 2.31. The summed E-state index contributed by atoms with van der Waals surface area (Å²) in [4.78, 5) is 0. The Hall–Kier alpha value is -2.37. The minimum atomic E-state index is -4.58. The van der Waals surface area contributed by atoms with E-state index in [-0.39, 0.29) is 11.5 Å². The predicted octanol–water partition coefficient (Wildman–Crippen LogP) is 4.77. The van der Waals surface area contributed by atoms with E-state index in [2.05, 4.69) is 22.8 Å². The zero-order valence-corrected chi connectivity index (χ0v) is 17.6. The first-order valence-corrected chi connectivity index (χ1v) is 10.0. The molecule has 0 aliphatic heterocycles. The molecule has 0 amide bonds. The summed E-state index contributed by atoms with van der Waals surface area (Å²) in [5.41, 5.74) is 1.86. The van der Waals surface area contributed by atoms with Crippen LogP contribution in [-0.4, -0.2) is 38.8 Å². The van der Waals surface area contributed by atoms with Crippen molar-refractivity contribution in [3.63, 3.8) is 0 Å². The second-order valence-corrected chi connectivity index (χ2v) is 7.13. The minimum absolute atomic E-state index is 0.0366. The van der Waals surface area contributed by atoms with Gasteiger partial charge in [-0.2, -0.15) is 18.4 Å². The minimum Gasteiger partial charge on any atom is -0.351 e. The first-order chi connectivity index (χ1) is 14.3. The van der Waals surface area contributed by atoms with Crippen molar-refractivity contribution in [3.05, 3.63) is 47.2 Å². The van der Waals surface area contributed by atoms with Crippen LogP contribution >= 0.6 is 0 Å². The van der Waals surface area contributed by atoms with E-state index >= 15 is 0 Å². The van der Waals surface area contributed by atoms with Gasteiger partial charge in [-0.25, -0.2) is 0 Å². The van der Waals surface area contributed by atoms with Gasteiger partial charge in [0.25, 0.3) is 0 Å². The standard InChI is InChI=1S/C22H31F3N4O/c1-17(29-16-27)14-19(10-12-28-2)15-18-6-4-3-5-7-20(9-8-18)21(22(23,24)25)30-13-11-26/h6-9,14,16,19,21,28H,3-5,10,12-13,15H2,1-2H3,(H2,27,29)/b9-8-,17-14+,18-6+,20-7-. The molecule has 0 fully saturated rings. The van der Waals surface area contributed by atoms with E-state index in [0.29, 0.717) is 12.8 Å². The van der Waals surface area contributed by atoms with E-state index in [1.165, 1.54) is 6.08 Å². The van der Waals surface area contributed by atoms with E-state index in [0.717, 1.165) is 43.4 Å². The molecule has 0 bridgehead atoms. The van der Waals surface area contributed by atoms with Crippen LogP contribution < -0.4 is 10.6 Å². The lowest BCUT2D eigenvalue weighted by Gasteiger charge is -2.21. The second kappa shape index (κ2) is 13.8. The number of hydrogen-bond acceptors (Lipinski definition) is 4. The van der Waals surface area contributed by atoms with Crippen LogP contribution in [0, 0.1) is 22.7 Å². The fraction of sp³-hybridized carbons (Fsp3) is 0.545. The second-order valence-electron chi connectivity index (χ2n) is 7.13. The van der Waals surface area contributed by atoms with Crippen LogP contribution in [0.3, 0.4) is 0 Å². The van der Waals surface area contributed by atoms with Gasteiger partial charge in [0.15, 0.2) is 6.10 Å². The lowest BCUT2D eigenvalue weighted by molar-refractivity contribution is -0.203. The molecule has 2 unspecified atom stereocenters. The molecular weight excluding hydrogens is 393 g/mol. The highest BCUT2D eigenvalue weighted by Gasteiger charge is 2.42. The van der Waals surface area contributed by atoms with Crippen molar-refractivity contribution in [2.24, 2.45) is 5.92 Å². The monoisotopic (exact) mass is 424 g/mol. The third-order valence-corrected chi connectivity index (χ3v) is 4.65. The van der Waals surface area contributed by atoms with Crippen LogP contribution in [0.4, 0.5) is 13.2 Å². The van der Waals surface area contributed by atoms with Gasteiger partial charge in [-0.1, -0.05) is 36.0 Å². The summed E-state index contributed by atoms with van der Waals surface area (Å²) in [7, 11) is 1.87. The van der Waals surface area contributed by atoms with Crippen molar-refractivity contribution in [3.8, 4) is 6.07 Å². The molecule has 3 N–H and O–H groups in total. The van der Waals surface area contributed by atoms with Gasteiger partial charge in [0, 0.05) is 5.70 Å². The Bertz CT molecular complexity index is 702. The summed E-state index contributed by atoms with van der Waals surface area (Å²) < 4.78 is 45.2. The Balaban J connectivity index is 3.07. The molecule has 0 aromatic rings. The topological polar surface area (TPSA) is 80.9 Å². The lowest BCUT2D eigenvalue weighted by Crippen LogP contribution is -2.33. The molecule has 0 saturated heterocycles. The third kappa shape index (κ3) is 9.90. The average Bonchev–Trinajstić information content (AvgIpc) is 2.78. The summed E-state index contributed by atoms with van der Waals surface area (Å²) >= 11 is 0. The highest BCUT2D eigenvalue weighted by atomic mass is 19.4. The Labute approximate surface area is 176 Å². The quantitative estimate of drug-likeness (QED) is 0.330. The molecule has 166 valence electrons. The van der Waals surface area contributed by atoms with Crippen molar-refractivity contribution in [2.45, 2.75) is 51.3 Å². The first-order valence-electron chi connectivity index (χ1n) is 10.0. The summed E-state index contributed by atoms with van der Waals surface area (Å²) in [5, 5.41) is 21.8. The molecule has 0 aromatic carbocycles. The van der Waals surface area contributed by atoms with Crippen LogP contribution in [0.2, 0.25) is 0 Å². The van der Waals surface area contributed by atoms with Crippen LogP contribution in [0.25, 0.3) is 0 Å². The molecule has 5 nitrogen and oxygen atoms in total. The molecular formula is C22H31F3N4O. The van der Waals surface area contributed by atoms with Crippen LogP contribution in [0.1, 0.15) is 39.0 Å². The number of nitriles is 1. The molecule has 1 aliphatic carbocycles. The van der Waals surface area contributed by atoms with Crippen molar-refractivity contribution in [1.29, 1.82) is 10.7 Å². The first kappa shape index (κ1) is 25.7. The molecule has 0 saturated carbocycles.